The molecule has 0 aromatic carbocycles. The number of rotatable bonds is 10. The molecule has 0 saturated heterocycles. The van der Waals surface area contributed by atoms with Crippen LogP contribution in [0.2, 0.25) is 0 Å². The molecule has 0 rings (SSSR count). The summed E-state index contributed by atoms with van der Waals surface area (Å²) in [6.07, 6.45) is 3.88. The molecule has 6 heteroatoms. The van der Waals surface area contributed by atoms with E-state index in [0.29, 0.717) is 30.8 Å². The molecule has 0 saturated carbocycles. The number of nitrogens with two attached hydrogens (primary N) is 1. The highest BCUT2D eigenvalue weighted by atomic mass is 32.1. The van der Waals surface area contributed by atoms with Crippen molar-refractivity contribution < 1.29 is 9.59 Å². The number of hydrogen-bond donors (Lipinski definition) is 4. The van der Waals surface area contributed by atoms with Gasteiger partial charge in [-0.15, -0.1) is 0 Å². The first-order chi connectivity index (χ1) is 11.5. The van der Waals surface area contributed by atoms with E-state index in [1.807, 2.05) is 34.5 Å². The SMILES string of the molecule is C=O.CC.CC.CC(C)NC(C)CCCCNC(=O)C(N)CCS. The van der Waals surface area contributed by atoms with Gasteiger partial charge in [0.2, 0.25) is 5.91 Å². The van der Waals surface area contributed by atoms with Gasteiger partial charge in [-0.05, 0) is 31.9 Å². The fourth-order valence-corrected chi connectivity index (χ4v) is 2.12. The van der Waals surface area contributed by atoms with Crippen LogP contribution < -0.4 is 16.4 Å². The summed E-state index contributed by atoms with van der Waals surface area (Å²) in [5.74, 6) is 0.588. The normalized spacial score (nSPS) is 11.6. The van der Waals surface area contributed by atoms with Crippen LogP contribution in [0, 0.1) is 0 Å². The molecule has 0 aromatic rings. The molecule has 0 radical (unpaired) electrons. The van der Waals surface area contributed by atoms with E-state index < -0.39 is 6.04 Å². The van der Waals surface area contributed by atoms with Crippen molar-refractivity contribution >= 4 is 25.3 Å². The number of hydrogen-bond acceptors (Lipinski definition) is 5. The molecule has 0 heterocycles. The Balaban J connectivity index is -0.000000297. The fraction of sp³-hybridized carbons (Fsp3) is 0.889. The molecule has 0 aliphatic rings. The highest BCUT2D eigenvalue weighted by Crippen LogP contribution is 2.01. The lowest BCUT2D eigenvalue weighted by molar-refractivity contribution is -0.122. The number of amides is 1. The van der Waals surface area contributed by atoms with Crippen molar-refractivity contribution in [3.8, 4) is 0 Å². The average molecular weight is 366 g/mol. The number of carbonyl (C=O) groups excluding carboxylic acids is 2. The van der Waals surface area contributed by atoms with Gasteiger partial charge in [0.05, 0.1) is 6.04 Å². The highest BCUT2D eigenvalue weighted by Gasteiger charge is 2.11. The Labute approximate surface area is 156 Å². The molecule has 24 heavy (non-hydrogen) atoms. The molecule has 0 aliphatic heterocycles. The first-order valence-corrected chi connectivity index (χ1v) is 9.79. The van der Waals surface area contributed by atoms with Crippen LogP contribution in [0.1, 0.15) is 74.1 Å². The van der Waals surface area contributed by atoms with Gasteiger partial charge in [-0.2, -0.15) is 12.6 Å². The molecular formula is C18H43N3O2S. The molecule has 1 amide bonds. The van der Waals surface area contributed by atoms with Crippen LogP contribution in [-0.4, -0.2) is 43.1 Å². The number of carbonyl (C=O) groups is 2. The Morgan fingerprint density at radius 3 is 1.96 bits per heavy atom. The molecular weight excluding hydrogens is 322 g/mol. The second kappa shape index (κ2) is 27.3. The topological polar surface area (TPSA) is 84.2 Å². The van der Waals surface area contributed by atoms with Crippen LogP contribution in [0.4, 0.5) is 0 Å². The molecule has 2 unspecified atom stereocenters. The van der Waals surface area contributed by atoms with E-state index in [9.17, 15) is 4.79 Å². The molecule has 0 aliphatic carbocycles. The third-order valence-corrected chi connectivity index (χ3v) is 3.02. The minimum Gasteiger partial charge on any atom is -0.355 e. The predicted octanol–water partition coefficient (Wildman–Crippen LogP) is 3.17. The summed E-state index contributed by atoms with van der Waals surface area (Å²) < 4.78 is 0. The Morgan fingerprint density at radius 2 is 1.54 bits per heavy atom. The Hall–Kier alpha value is -0.590. The zero-order chi connectivity index (χ0) is 20.0. The van der Waals surface area contributed by atoms with Gasteiger partial charge >= 0.3 is 0 Å². The van der Waals surface area contributed by atoms with Gasteiger partial charge in [-0.1, -0.05) is 48.0 Å². The van der Waals surface area contributed by atoms with Gasteiger partial charge in [0.1, 0.15) is 6.79 Å². The summed E-state index contributed by atoms with van der Waals surface area (Å²) >= 11 is 4.06. The molecule has 4 N–H and O–H groups in total. The standard InChI is InChI=1S/C13H29N3OS.2C2H6.CH2O/c1-10(2)16-11(3)6-4-5-8-15-13(17)12(14)7-9-18;3*1-2/h10-12,16,18H,4-9,14H2,1-3H3,(H,15,17);2*1-2H3;1H2. The maximum absolute atomic E-state index is 11.5. The third kappa shape index (κ3) is 26.3. The van der Waals surface area contributed by atoms with Crippen molar-refractivity contribution in [3.63, 3.8) is 0 Å². The number of thiol groups is 1. The van der Waals surface area contributed by atoms with E-state index >= 15 is 0 Å². The average Bonchev–Trinajstić information content (AvgIpc) is 2.59. The summed E-state index contributed by atoms with van der Waals surface area (Å²) in [6, 6.07) is 0.648. The third-order valence-electron chi connectivity index (χ3n) is 2.76. The largest absolute Gasteiger partial charge is 0.355 e. The van der Waals surface area contributed by atoms with Gasteiger partial charge in [0.15, 0.2) is 0 Å². The first-order valence-electron chi connectivity index (χ1n) is 9.16. The second-order valence-electron chi connectivity index (χ2n) is 5.13. The molecule has 0 fully saturated rings. The smallest absolute Gasteiger partial charge is 0.236 e. The summed E-state index contributed by atoms with van der Waals surface area (Å²) in [4.78, 5) is 19.5. The van der Waals surface area contributed by atoms with E-state index in [1.165, 1.54) is 0 Å². The minimum absolute atomic E-state index is 0.0580. The predicted molar refractivity (Wildman–Crippen MR) is 111 cm³/mol. The van der Waals surface area contributed by atoms with E-state index in [1.54, 1.807) is 0 Å². The lowest BCUT2D eigenvalue weighted by Gasteiger charge is -2.16. The van der Waals surface area contributed by atoms with Gasteiger partial charge in [-0.3, -0.25) is 4.79 Å². The van der Waals surface area contributed by atoms with Crippen molar-refractivity contribution in [3.05, 3.63) is 0 Å². The summed E-state index contributed by atoms with van der Waals surface area (Å²) in [5.41, 5.74) is 5.67. The quantitative estimate of drug-likeness (QED) is 0.354. The molecule has 2 atom stereocenters. The van der Waals surface area contributed by atoms with E-state index in [0.717, 1.165) is 19.3 Å². The first kappa shape index (κ1) is 31.2. The molecule has 0 bridgehead atoms. The van der Waals surface area contributed by atoms with Crippen LogP contribution in [0.3, 0.4) is 0 Å². The van der Waals surface area contributed by atoms with Crippen LogP contribution >= 0.6 is 12.6 Å². The Kier molecular flexibility index (Phi) is 35.5. The fourth-order valence-electron chi connectivity index (χ4n) is 1.84. The van der Waals surface area contributed by atoms with Gasteiger partial charge in [-0.25, -0.2) is 0 Å². The van der Waals surface area contributed by atoms with Crippen LogP contribution in [0.5, 0.6) is 0 Å². The van der Waals surface area contributed by atoms with Crippen molar-refractivity contribution in [2.24, 2.45) is 5.73 Å². The van der Waals surface area contributed by atoms with Crippen molar-refractivity contribution in [1.29, 1.82) is 0 Å². The van der Waals surface area contributed by atoms with Gasteiger partial charge < -0.3 is 21.2 Å². The van der Waals surface area contributed by atoms with Gasteiger partial charge in [0, 0.05) is 18.6 Å². The second-order valence-corrected chi connectivity index (χ2v) is 5.58. The monoisotopic (exact) mass is 365 g/mol. The zero-order valence-electron chi connectivity index (χ0n) is 17.0. The Morgan fingerprint density at radius 1 is 1.04 bits per heavy atom. The van der Waals surface area contributed by atoms with Gasteiger partial charge in [0.25, 0.3) is 0 Å². The van der Waals surface area contributed by atoms with Crippen molar-refractivity contribution in [2.45, 2.75) is 92.3 Å². The van der Waals surface area contributed by atoms with Crippen molar-refractivity contribution in [2.75, 3.05) is 12.3 Å². The number of nitrogens with one attached hydrogen (secondary N) is 2. The van der Waals surface area contributed by atoms with Crippen LogP contribution in [0.15, 0.2) is 0 Å². The molecule has 0 spiro atoms. The lowest BCUT2D eigenvalue weighted by atomic mass is 10.1. The number of unbranched alkanes of at least 4 members (excludes halogenated alkanes) is 1. The summed E-state index contributed by atoms with van der Waals surface area (Å²) in [7, 11) is 0. The molecule has 5 nitrogen and oxygen atoms in total. The molecule has 148 valence electrons. The summed E-state index contributed by atoms with van der Waals surface area (Å²) in [6.45, 7) is 17.2. The minimum atomic E-state index is -0.413. The van der Waals surface area contributed by atoms with E-state index in [-0.39, 0.29) is 5.91 Å². The van der Waals surface area contributed by atoms with E-state index in [4.69, 9.17) is 10.5 Å². The summed E-state index contributed by atoms with van der Waals surface area (Å²) in [5, 5.41) is 6.32. The highest BCUT2D eigenvalue weighted by molar-refractivity contribution is 7.80. The maximum atomic E-state index is 11.5. The van der Waals surface area contributed by atoms with E-state index in [2.05, 4.69) is 44.0 Å². The Bertz CT molecular complexity index is 242. The van der Waals surface area contributed by atoms with Crippen LogP contribution in [-0.2, 0) is 9.59 Å². The molecule has 0 aromatic heterocycles. The zero-order valence-corrected chi connectivity index (χ0v) is 17.9. The van der Waals surface area contributed by atoms with Crippen molar-refractivity contribution in [1.82, 2.24) is 10.6 Å². The maximum Gasteiger partial charge on any atom is 0.236 e. The lowest BCUT2D eigenvalue weighted by Crippen LogP contribution is -2.41. The van der Waals surface area contributed by atoms with Crippen LogP contribution in [0.25, 0.3) is 0 Å².